The number of urea groups is 1. The van der Waals surface area contributed by atoms with E-state index in [9.17, 15) is 14.4 Å². The molecule has 0 saturated heterocycles. The van der Waals surface area contributed by atoms with E-state index in [0.717, 1.165) is 10.4 Å². The molecule has 2 aromatic rings. The molecule has 2 N–H and O–H groups in total. The lowest BCUT2D eigenvalue weighted by atomic mass is 10.1. The van der Waals surface area contributed by atoms with E-state index in [4.69, 9.17) is 14.2 Å². The molecule has 8 nitrogen and oxygen atoms in total. The molecule has 0 aliphatic carbocycles. The number of nitrogens with one attached hydrogen (secondary N) is 2. The first kappa shape index (κ1) is 20.7. The fourth-order valence-electron chi connectivity index (χ4n) is 2.51. The topological polar surface area (TPSA) is 103 Å². The second kappa shape index (κ2) is 9.42. The lowest BCUT2D eigenvalue weighted by Gasteiger charge is -2.18. The van der Waals surface area contributed by atoms with Gasteiger partial charge in [-0.3, -0.25) is 10.1 Å². The monoisotopic (exact) mass is 418 g/mol. The van der Waals surface area contributed by atoms with Gasteiger partial charge in [-0.25, -0.2) is 9.59 Å². The van der Waals surface area contributed by atoms with Gasteiger partial charge in [0.2, 0.25) is 0 Å². The zero-order chi connectivity index (χ0) is 20.8. The highest BCUT2D eigenvalue weighted by molar-refractivity contribution is 7.17. The molecule has 0 spiro atoms. The number of carbonyl (C=O) groups excluding carboxylic acids is 3. The summed E-state index contributed by atoms with van der Waals surface area (Å²) in [5.74, 6) is 0.300. The molecule has 3 rings (SSSR count). The van der Waals surface area contributed by atoms with Crippen LogP contribution in [0.25, 0.3) is 10.4 Å². The van der Waals surface area contributed by atoms with Crippen molar-refractivity contribution in [1.29, 1.82) is 0 Å². The van der Waals surface area contributed by atoms with E-state index >= 15 is 0 Å². The molecule has 0 saturated carbocycles. The fourth-order valence-corrected chi connectivity index (χ4v) is 3.40. The molecule has 9 heteroatoms. The summed E-state index contributed by atoms with van der Waals surface area (Å²) in [6, 6.07) is 8.39. The van der Waals surface area contributed by atoms with Gasteiger partial charge >= 0.3 is 12.0 Å². The van der Waals surface area contributed by atoms with Gasteiger partial charge in [0, 0.05) is 11.4 Å². The minimum absolute atomic E-state index is 0.260. The molecule has 1 aliphatic rings. The minimum Gasteiger partial charge on any atom is -0.486 e. The zero-order valence-corrected chi connectivity index (χ0v) is 17.0. The Hall–Kier alpha value is -3.07. The predicted molar refractivity (Wildman–Crippen MR) is 107 cm³/mol. The first-order valence-electron chi connectivity index (χ1n) is 9.17. The average Bonchev–Trinajstić information content (AvgIpc) is 3.20. The Morgan fingerprint density at radius 2 is 1.86 bits per heavy atom. The second-order valence-corrected chi connectivity index (χ2v) is 7.83. The molecule has 3 amide bonds. The van der Waals surface area contributed by atoms with E-state index in [-0.39, 0.29) is 5.92 Å². The van der Waals surface area contributed by atoms with Crippen molar-refractivity contribution in [2.45, 2.75) is 13.8 Å². The van der Waals surface area contributed by atoms with Gasteiger partial charge in [-0.2, -0.15) is 0 Å². The van der Waals surface area contributed by atoms with E-state index in [1.54, 1.807) is 12.1 Å². The Morgan fingerprint density at radius 1 is 1.10 bits per heavy atom. The second-order valence-electron chi connectivity index (χ2n) is 6.75. The maximum absolute atomic E-state index is 12.2. The summed E-state index contributed by atoms with van der Waals surface area (Å²) in [5, 5.41) is 4.66. The van der Waals surface area contributed by atoms with Crippen molar-refractivity contribution in [3.8, 4) is 21.9 Å². The first-order chi connectivity index (χ1) is 13.9. The summed E-state index contributed by atoms with van der Waals surface area (Å²) in [4.78, 5) is 36.7. The minimum atomic E-state index is -0.691. The van der Waals surface area contributed by atoms with Crippen LogP contribution in [0, 0.1) is 5.92 Å². The molecular weight excluding hydrogens is 396 g/mol. The molecule has 0 fully saturated rings. The van der Waals surface area contributed by atoms with E-state index < -0.39 is 24.5 Å². The largest absolute Gasteiger partial charge is 0.486 e. The lowest BCUT2D eigenvalue weighted by molar-refractivity contribution is -0.123. The number of hydrogen-bond donors (Lipinski definition) is 2. The van der Waals surface area contributed by atoms with E-state index in [1.165, 1.54) is 11.3 Å². The Bertz CT molecular complexity index is 908. The molecule has 0 radical (unpaired) electrons. The Balaban J connectivity index is 1.53. The number of esters is 1. The van der Waals surface area contributed by atoms with Crippen molar-refractivity contribution in [3.63, 3.8) is 0 Å². The van der Waals surface area contributed by atoms with Gasteiger partial charge in [-0.05, 0) is 41.8 Å². The number of ether oxygens (including phenoxy) is 3. The molecule has 154 valence electrons. The van der Waals surface area contributed by atoms with Crippen LogP contribution in [0.2, 0.25) is 0 Å². The van der Waals surface area contributed by atoms with Gasteiger partial charge in [0.05, 0.1) is 0 Å². The Kier molecular flexibility index (Phi) is 6.71. The van der Waals surface area contributed by atoms with Crippen LogP contribution >= 0.6 is 11.3 Å². The smallest absolute Gasteiger partial charge is 0.348 e. The highest BCUT2D eigenvalue weighted by Crippen LogP contribution is 2.36. The molecule has 1 aromatic carbocycles. The van der Waals surface area contributed by atoms with Crippen LogP contribution in [-0.2, 0) is 9.53 Å². The number of amides is 3. The predicted octanol–water partition coefficient (Wildman–Crippen LogP) is 2.82. The van der Waals surface area contributed by atoms with E-state index in [2.05, 4.69) is 10.6 Å². The third-order valence-corrected chi connectivity index (χ3v) is 5.01. The maximum Gasteiger partial charge on any atom is 0.348 e. The Morgan fingerprint density at radius 3 is 2.62 bits per heavy atom. The van der Waals surface area contributed by atoms with Gasteiger partial charge in [0.25, 0.3) is 5.91 Å². The number of imide groups is 1. The standard InChI is InChI=1S/C20H22N2O6S/c1-12(2)10-21-20(25)22-18(23)11-28-19(24)17-6-5-16(29-17)13-3-4-14-15(9-13)27-8-7-26-14/h3-6,9,12H,7-8,10-11H2,1-2H3,(H2,21,22,23,25). The zero-order valence-electron chi connectivity index (χ0n) is 16.2. The summed E-state index contributed by atoms with van der Waals surface area (Å²) in [6.45, 7) is 4.79. The highest BCUT2D eigenvalue weighted by Gasteiger charge is 2.17. The van der Waals surface area contributed by atoms with Crippen LogP contribution in [0.3, 0.4) is 0 Å². The molecule has 1 aromatic heterocycles. The van der Waals surface area contributed by atoms with Gasteiger partial charge in [-0.15, -0.1) is 11.3 Å². The molecule has 0 atom stereocenters. The van der Waals surface area contributed by atoms with Crippen molar-refractivity contribution >= 4 is 29.2 Å². The van der Waals surface area contributed by atoms with Crippen LogP contribution in [0.1, 0.15) is 23.5 Å². The van der Waals surface area contributed by atoms with Crippen molar-refractivity contribution in [2.75, 3.05) is 26.4 Å². The Labute approximate surface area is 172 Å². The quantitative estimate of drug-likeness (QED) is 0.700. The van der Waals surface area contributed by atoms with Gasteiger partial charge in [0.15, 0.2) is 18.1 Å². The van der Waals surface area contributed by atoms with Gasteiger partial charge < -0.3 is 19.5 Å². The number of carbonyl (C=O) groups is 3. The molecule has 2 heterocycles. The maximum atomic E-state index is 12.2. The van der Waals surface area contributed by atoms with Crippen LogP contribution in [0.15, 0.2) is 30.3 Å². The van der Waals surface area contributed by atoms with Crippen LogP contribution in [0.4, 0.5) is 4.79 Å². The number of rotatable bonds is 6. The first-order valence-corrected chi connectivity index (χ1v) is 9.98. The van der Waals surface area contributed by atoms with E-state index in [0.29, 0.717) is 36.1 Å². The molecule has 0 unspecified atom stereocenters. The summed E-state index contributed by atoms with van der Waals surface area (Å²) in [5.41, 5.74) is 0.887. The van der Waals surface area contributed by atoms with Crippen molar-refractivity contribution in [3.05, 3.63) is 35.2 Å². The third-order valence-electron chi connectivity index (χ3n) is 3.89. The summed E-state index contributed by atoms with van der Waals surface area (Å²) < 4.78 is 16.1. The van der Waals surface area contributed by atoms with Gasteiger partial charge in [0.1, 0.15) is 18.1 Å². The van der Waals surface area contributed by atoms with Crippen LogP contribution < -0.4 is 20.1 Å². The van der Waals surface area contributed by atoms with Gasteiger partial charge in [-0.1, -0.05) is 13.8 Å². The number of thiophene rings is 1. The fraction of sp³-hybridized carbons (Fsp3) is 0.350. The van der Waals surface area contributed by atoms with Crippen LogP contribution in [-0.4, -0.2) is 44.3 Å². The number of hydrogen-bond acceptors (Lipinski definition) is 7. The lowest BCUT2D eigenvalue weighted by Crippen LogP contribution is -2.42. The summed E-state index contributed by atoms with van der Waals surface area (Å²) in [6.07, 6.45) is 0. The van der Waals surface area contributed by atoms with Crippen molar-refractivity contribution < 1.29 is 28.6 Å². The van der Waals surface area contributed by atoms with Crippen molar-refractivity contribution in [2.24, 2.45) is 5.92 Å². The summed E-state index contributed by atoms with van der Waals surface area (Å²) in [7, 11) is 0. The normalized spacial score (nSPS) is 12.4. The van der Waals surface area contributed by atoms with E-state index in [1.807, 2.05) is 32.0 Å². The SMILES string of the molecule is CC(C)CNC(=O)NC(=O)COC(=O)c1ccc(-c2ccc3c(c2)OCCO3)s1. The third kappa shape index (κ3) is 5.71. The average molecular weight is 418 g/mol. The number of fused-ring (bicyclic) bond motifs is 1. The molecule has 0 bridgehead atoms. The summed E-state index contributed by atoms with van der Waals surface area (Å²) >= 11 is 1.24. The van der Waals surface area contributed by atoms with Crippen LogP contribution in [0.5, 0.6) is 11.5 Å². The highest BCUT2D eigenvalue weighted by atomic mass is 32.1. The number of benzene rings is 1. The molecule has 1 aliphatic heterocycles. The molecule has 29 heavy (non-hydrogen) atoms. The molecular formula is C20H22N2O6S. The van der Waals surface area contributed by atoms with Crippen molar-refractivity contribution in [1.82, 2.24) is 10.6 Å².